The lowest BCUT2D eigenvalue weighted by Crippen LogP contribution is -2.37. The molecule has 2 unspecified atom stereocenters. The van der Waals surface area contributed by atoms with Gasteiger partial charge < -0.3 is 18.9 Å². The number of ether oxygens (including phenoxy) is 2. The molecule has 9 nitrogen and oxygen atoms in total. The standard InChI is InChI=1S/C56H100NO8P/c1-6-8-10-12-13-14-15-16-17-18-19-20-21-22-23-24-25-26-27-28-29-30-31-32-33-34-35-36-37-38-39-40-41-42-43-45-47-49-56(59)65-54(52-62-55(58)48-46-44-11-9-7-2)53-64-66(60,61)63-51-50-57(3,4)5/h8,10,13-14,16-17,19-20,22-23,25-26,54H,6-7,9,11-12,15,18,21,24,27-53H2,1-5H3/p+1/b10-8-,14-13-,17-16-,20-19-,23-22-,26-25-. The number of allylic oxidation sites excluding steroid dienone is 12. The molecular formula is C56H101NO8P+. The maximum Gasteiger partial charge on any atom is 0.472 e. The molecule has 0 amide bonds. The fraction of sp³-hybridized carbons (Fsp3) is 0.750. The molecular weight excluding hydrogens is 846 g/mol. The van der Waals surface area contributed by atoms with Crippen LogP contribution in [0.25, 0.3) is 0 Å². The Kier molecular flexibility index (Phi) is 45.7. The van der Waals surface area contributed by atoms with Gasteiger partial charge in [0.15, 0.2) is 6.10 Å². The molecule has 0 heterocycles. The maximum atomic E-state index is 12.7. The Balaban J connectivity index is 3.83. The second-order valence-electron chi connectivity index (χ2n) is 18.9. The van der Waals surface area contributed by atoms with Gasteiger partial charge >= 0.3 is 19.8 Å². The van der Waals surface area contributed by atoms with E-state index in [1.807, 2.05) is 21.1 Å². The Labute approximate surface area is 406 Å². The molecule has 0 spiro atoms. The van der Waals surface area contributed by atoms with Crippen LogP contribution >= 0.6 is 7.82 Å². The number of quaternary nitrogens is 1. The minimum Gasteiger partial charge on any atom is -0.462 e. The van der Waals surface area contributed by atoms with E-state index < -0.39 is 26.5 Å². The van der Waals surface area contributed by atoms with Crippen molar-refractivity contribution in [1.29, 1.82) is 0 Å². The molecule has 0 aliphatic carbocycles. The van der Waals surface area contributed by atoms with Crippen molar-refractivity contribution in [2.45, 2.75) is 225 Å². The summed E-state index contributed by atoms with van der Waals surface area (Å²) in [6, 6.07) is 0. The van der Waals surface area contributed by atoms with Crippen molar-refractivity contribution in [2.75, 3.05) is 47.5 Å². The molecule has 0 radical (unpaired) electrons. The summed E-state index contributed by atoms with van der Waals surface area (Å²) in [5.41, 5.74) is 0. The van der Waals surface area contributed by atoms with Crippen molar-refractivity contribution in [3.8, 4) is 0 Å². The molecule has 0 aliphatic rings. The summed E-state index contributed by atoms with van der Waals surface area (Å²) < 4.78 is 34.2. The molecule has 66 heavy (non-hydrogen) atoms. The third-order valence-corrected chi connectivity index (χ3v) is 12.2. The number of carbonyl (C=O) groups excluding carboxylic acids is 2. The predicted octanol–water partition coefficient (Wildman–Crippen LogP) is 16.1. The highest BCUT2D eigenvalue weighted by Crippen LogP contribution is 2.43. The van der Waals surface area contributed by atoms with Gasteiger partial charge in [-0.25, -0.2) is 4.57 Å². The van der Waals surface area contributed by atoms with Gasteiger partial charge in [0.2, 0.25) is 0 Å². The number of phosphoric ester groups is 1. The van der Waals surface area contributed by atoms with Crippen LogP contribution in [0.1, 0.15) is 219 Å². The smallest absolute Gasteiger partial charge is 0.462 e. The lowest BCUT2D eigenvalue weighted by molar-refractivity contribution is -0.870. The Hall–Kier alpha value is -2.55. The molecule has 0 aromatic carbocycles. The van der Waals surface area contributed by atoms with Crippen molar-refractivity contribution >= 4 is 19.8 Å². The summed E-state index contributed by atoms with van der Waals surface area (Å²) in [5.74, 6) is -0.809. The van der Waals surface area contributed by atoms with Gasteiger partial charge in [0.1, 0.15) is 19.8 Å². The molecule has 10 heteroatoms. The third kappa shape index (κ3) is 50.9. The van der Waals surface area contributed by atoms with Gasteiger partial charge in [-0.05, 0) is 64.2 Å². The summed E-state index contributed by atoms with van der Waals surface area (Å²) in [7, 11) is 1.48. The van der Waals surface area contributed by atoms with Crippen molar-refractivity contribution in [2.24, 2.45) is 0 Å². The quantitative estimate of drug-likeness (QED) is 0.0211. The van der Waals surface area contributed by atoms with E-state index in [2.05, 4.69) is 86.8 Å². The molecule has 0 fully saturated rings. The van der Waals surface area contributed by atoms with Gasteiger partial charge in [-0.2, -0.15) is 0 Å². The molecule has 0 saturated heterocycles. The minimum atomic E-state index is -4.37. The first kappa shape index (κ1) is 63.5. The zero-order valence-electron chi connectivity index (χ0n) is 43.2. The predicted molar refractivity (Wildman–Crippen MR) is 279 cm³/mol. The molecule has 1 N–H and O–H groups in total. The van der Waals surface area contributed by atoms with Crippen LogP contribution < -0.4 is 0 Å². The van der Waals surface area contributed by atoms with Gasteiger partial charge in [0, 0.05) is 12.8 Å². The van der Waals surface area contributed by atoms with E-state index in [0.717, 1.165) is 83.5 Å². The number of unbranched alkanes of at least 4 members (excludes halogenated alkanes) is 22. The Bertz CT molecular complexity index is 1350. The van der Waals surface area contributed by atoms with Crippen LogP contribution in [0, 0.1) is 0 Å². The summed E-state index contributed by atoms with van der Waals surface area (Å²) in [6.07, 6.45) is 61.8. The minimum absolute atomic E-state index is 0.0316. The van der Waals surface area contributed by atoms with Crippen LogP contribution in [0.2, 0.25) is 0 Å². The number of likely N-dealkylation sites (N-methyl/N-ethyl adjacent to an activating group) is 1. The van der Waals surface area contributed by atoms with E-state index in [4.69, 9.17) is 18.5 Å². The highest BCUT2D eigenvalue weighted by molar-refractivity contribution is 7.47. The molecule has 0 saturated carbocycles. The number of nitrogens with zero attached hydrogens (tertiary/aromatic N) is 1. The highest BCUT2D eigenvalue weighted by Gasteiger charge is 2.27. The van der Waals surface area contributed by atoms with Crippen molar-refractivity contribution in [3.05, 3.63) is 72.9 Å². The zero-order chi connectivity index (χ0) is 48.5. The van der Waals surface area contributed by atoms with Crippen LogP contribution in [0.5, 0.6) is 0 Å². The molecule has 0 aromatic heterocycles. The Morgan fingerprint density at radius 2 is 0.864 bits per heavy atom. The molecule has 382 valence electrons. The van der Waals surface area contributed by atoms with Crippen molar-refractivity contribution in [3.63, 3.8) is 0 Å². The second kappa shape index (κ2) is 47.5. The molecule has 0 aliphatic heterocycles. The fourth-order valence-corrected chi connectivity index (χ4v) is 7.88. The van der Waals surface area contributed by atoms with Gasteiger partial charge in [0.25, 0.3) is 0 Å². The summed E-state index contributed by atoms with van der Waals surface area (Å²) in [6.45, 7) is 4.22. The van der Waals surface area contributed by atoms with Gasteiger partial charge in [-0.15, -0.1) is 0 Å². The molecule has 0 rings (SSSR count). The zero-order valence-corrected chi connectivity index (χ0v) is 44.1. The van der Waals surface area contributed by atoms with E-state index in [0.29, 0.717) is 17.4 Å². The average Bonchev–Trinajstić information content (AvgIpc) is 3.27. The van der Waals surface area contributed by atoms with Gasteiger partial charge in [-0.1, -0.05) is 215 Å². The first-order valence-electron chi connectivity index (χ1n) is 26.7. The lowest BCUT2D eigenvalue weighted by Gasteiger charge is -2.24. The van der Waals surface area contributed by atoms with Crippen molar-refractivity contribution < 1.29 is 42.1 Å². The average molecular weight is 947 g/mol. The van der Waals surface area contributed by atoms with Crippen LogP contribution in [-0.2, 0) is 32.7 Å². The number of phosphoric acid groups is 1. The summed E-state index contributed by atoms with van der Waals surface area (Å²) >= 11 is 0. The van der Waals surface area contributed by atoms with Gasteiger partial charge in [0.05, 0.1) is 27.7 Å². The fourth-order valence-electron chi connectivity index (χ4n) is 7.14. The number of esters is 2. The van der Waals surface area contributed by atoms with Crippen LogP contribution in [0.15, 0.2) is 72.9 Å². The van der Waals surface area contributed by atoms with E-state index >= 15 is 0 Å². The number of rotatable bonds is 48. The van der Waals surface area contributed by atoms with Gasteiger partial charge in [-0.3, -0.25) is 18.6 Å². The van der Waals surface area contributed by atoms with Crippen molar-refractivity contribution in [1.82, 2.24) is 0 Å². The third-order valence-electron chi connectivity index (χ3n) is 11.3. The molecule has 0 aromatic rings. The van der Waals surface area contributed by atoms with Crippen LogP contribution in [0.3, 0.4) is 0 Å². The maximum absolute atomic E-state index is 12.7. The summed E-state index contributed by atoms with van der Waals surface area (Å²) in [5, 5.41) is 0. The summed E-state index contributed by atoms with van der Waals surface area (Å²) in [4.78, 5) is 35.1. The second-order valence-corrected chi connectivity index (χ2v) is 20.3. The highest BCUT2D eigenvalue weighted by atomic mass is 31.2. The topological polar surface area (TPSA) is 108 Å². The number of hydrogen-bond donors (Lipinski definition) is 1. The molecule has 0 bridgehead atoms. The normalized spacial score (nSPS) is 14.0. The Morgan fingerprint density at radius 3 is 1.29 bits per heavy atom. The van der Waals surface area contributed by atoms with E-state index in [1.165, 1.54) is 103 Å². The first-order valence-corrected chi connectivity index (χ1v) is 28.2. The van der Waals surface area contributed by atoms with E-state index in [9.17, 15) is 19.0 Å². The largest absolute Gasteiger partial charge is 0.472 e. The van der Waals surface area contributed by atoms with E-state index in [1.54, 1.807) is 0 Å². The van der Waals surface area contributed by atoms with Crippen LogP contribution in [0.4, 0.5) is 0 Å². The SMILES string of the molecule is CC/C=C\C/C=C\C/C=C\C/C=C\C/C=C\C/C=C\CCCCCCCCCCCCCCCCCCCCC(=O)OC(COC(=O)CCCCCCC)COP(=O)(O)OCC[N+](C)(C)C. The lowest BCUT2D eigenvalue weighted by atomic mass is 10.0. The molecule has 2 atom stereocenters. The monoisotopic (exact) mass is 947 g/mol. The van der Waals surface area contributed by atoms with E-state index in [-0.39, 0.29) is 32.0 Å². The number of hydrogen-bond acceptors (Lipinski definition) is 7. The first-order chi connectivity index (χ1) is 32.0. The number of carbonyl (C=O) groups is 2. The van der Waals surface area contributed by atoms with Crippen LogP contribution in [-0.4, -0.2) is 74.9 Å². The Morgan fingerprint density at radius 1 is 0.485 bits per heavy atom.